The molecular formula is C4H4ClN3O2. The number of nitrogens with zero attached hydrogens (tertiary/aromatic N) is 2. The Labute approximate surface area is 62.0 Å². The Kier molecular flexibility index (Phi) is 4.00. The molecule has 0 aliphatic rings. The molecule has 10 heavy (non-hydrogen) atoms. The number of rotatable bonds is 3. The molecule has 0 radical (unpaired) electrons. The molecule has 0 aliphatic heterocycles. The average Bonchev–Trinajstić information content (AvgIpc) is 1.88. The molecule has 0 spiro atoms. The van der Waals surface area contributed by atoms with E-state index in [0.717, 1.165) is 0 Å². The van der Waals surface area contributed by atoms with E-state index in [1.165, 1.54) is 0 Å². The molecule has 0 fully saturated rings. The third kappa shape index (κ3) is 3.69. The van der Waals surface area contributed by atoms with Crippen molar-refractivity contribution in [2.45, 2.75) is 0 Å². The average molecular weight is 162 g/mol. The summed E-state index contributed by atoms with van der Waals surface area (Å²) in [7, 11) is 0. The number of carbonyl (C=O) groups is 1. The molecule has 0 heterocycles. The van der Waals surface area contributed by atoms with Gasteiger partial charge in [-0.25, -0.2) is 0 Å². The van der Waals surface area contributed by atoms with Gasteiger partial charge in [0.1, 0.15) is 6.07 Å². The molecular weight excluding hydrogens is 158 g/mol. The van der Waals surface area contributed by atoms with Crippen molar-refractivity contribution in [2.75, 3.05) is 6.61 Å². The summed E-state index contributed by atoms with van der Waals surface area (Å²) in [5.74, 6) is -0.889. The smallest absolute Gasteiger partial charge is 0.282 e. The van der Waals surface area contributed by atoms with Crippen molar-refractivity contribution < 1.29 is 9.63 Å². The number of hydrogen-bond acceptors (Lipinski definition) is 4. The lowest BCUT2D eigenvalue weighted by atomic mass is 10.7. The van der Waals surface area contributed by atoms with E-state index < -0.39 is 11.1 Å². The van der Waals surface area contributed by atoms with Crippen LogP contribution in [0.3, 0.4) is 0 Å². The van der Waals surface area contributed by atoms with Gasteiger partial charge in [0.25, 0.3) is 5.91 Å². The second-order valence-electron chi connectivity index (χ2n) is 1.18. The molecule has 0 aromatic carbocycles. The molecule has 0 atom stereocenters. The van der Waals surface area contributed by atoms with Crippen molar-refractivity contribution in [1.82, 2.24) is 0 Å². The summed E-state index contributed by atoms with van der Waals surface area (Å²) in [5.41, 5.74) is 4.65. The largest absolute Gasteiger partial charge is 0.379 e. The molecule has 2 N–H and O–H groups in total. The molecule has 0 aromatic heterocycles. The third-order valence-corrected chi connectivity index (χ3v) is 0.732. The number of hydrogen-bond donors (Lipinski definition) is 1. The van der Waals surface area contributed by atoms with Crippen LogP contribution in [-0.2, 0) is 9.63 Å². The van der Waals surface area contributed by atoms with E-state index in [4.69, 9.17) is 16.9 Å². The molecule has 0 aromatic rings. The van der Waals surface area contributed by atoms with Gasteiger partial charge in [-0.1, -0.05) is 16.8 Å². The van der Waals surface area contributed by atoms with Crippen LogP contribution in [0, 0.1) is 11.3 Å². The lowest BCUT2D eigenvalue weighted by molar-refractivity contribution is -0.111. The molecule has 6 heteroatoms. The lowest BCUT2D eigenvalue weighted by Crippen LogP contribution is -2.18. The Morgan fingerprint density at radius 1 is 1.90 bits per heavy atom. The van der Waals surface area contributed by atoms with Crippen molar-refractivity contribution >= 4 is 22.7 Å². The maximum absolute atomic E-state index is 10.1. The van der Waals surface area contributed by atoms with Crippen molar-refractivity contribution in [1.29, 1.82) is 5.26 Å². The normalized spacial score (nSPS) is 10.2. The number of oxime groups is 1. The van der Waals surface area contributed by atoms with Crippen LogP contribution in [0.5, 0.6) is 0 Å². The van der Waals surface area contributed by atoms with Crippen molar-refractivity contribution in [3.63, 3.8) is 0 Å². The van der Waals surface area contributed by atoms with Gasteiger partial charge in [-0.3, -0.25) is 4.79 Å². The first-order valence-corrected chi connectivity index (χ1v) is 2.58. The second kappa shape index (κ2) is 4.58. The maximum atomic E-state index is 10.1. The van der Waals surface area contributed by atoms with Crippen molar-refractivity contribution in [3.8, 4) is 6.07 Å². The summed E-state index contributed by atoms with van der Waals surface area (Å²) in [5, 5.41) is 10.4. The summed E-state index contributed by atoms with van der Waals surface area (Å²) in [6.07, 6.45) is 0. The van der Waals surface area contributed by atoms with Gasteiger partial charge in [-0.05, 0) is 0 Å². The van der Waals surface area contributed by atoms with Gasteiger partial charge < -0.3 is 10.6 Å². The Morgan fingerprint density at radius 3 is 2.90 bits per heavy atom. The minimum atomic E-state index is -0.889. The highest BCUT2D eigenvalue weighted by Crippen LogP contribution is 1.85. The van der Waals surface area contributed by atoms with Crippen molar-refractivity contribution in [2.24, 2.45) is 10.9 Å². The van der Waals surface area contributed by atoms with E-state index in [-0.39, 0.29) is 6.61 Å². The van der Waals surface area contributed by atoms with Crippen LogP contribution in [0.1, 0.15) is 0 Å². The Bertz CT molecular complexity index is 195. The zero-order valence-corrected chi connectivity index (χ0v) is 5.63. The van der Waals surface area contributed by atoms with Gasteiger partial charge in [0.2, 0.25) is 11.8 Å². The Hall–Kier alpha value is -1.28. The quantitative estimate of drug-likeness (QED) is 0.346. The van der Waals surface area contributed by atoms with E-state index in [1.54, 1.807) is 6.07 Å². The van der Waals surface area contributed by atoms with Gasteiger partial charge in [0.15, 0.2) is 0 Å². The number of nitrogens with two attached hydrogens (primary N) is 1. The number of primary amides is 1. The van der Waals surface area contributed by atoms with E-state index in [0.29, 0.717) is 0 Å². The minimum Gasteiger partial charge on any atom is -0.379 e. The van der Waals surface area contributed by atoms with E-state index in [9.17, 15) is 4.79 Å². The van der Waals surface area contributed by atoms with Crippen LogP contribution in [-0.4, -0.2) is 17.7 Å². The lowest BCUT2D eigenvalue weighted by Gasteiger charge is -1.89. The zero-order chi connectivity index (χ0) is 7.98. The molecule has 0 saturated heterocycles. The van der Waals surface area contributed by atoms with Crippen LogP contribution in [0.15, 0.2) is 5.16 Å². The summed E-state index contributed by atoms with van der Waals surface area (Å²) in [6.45, 7) is -0.260. The first-order valence-electron chi connectivity index (χ1n) is 2.20. The van der Waals surface area contributed by atoms with Gasteiger partial charge in [-0.15, -0.1) is 0 Å². The SMILES string of the molecule is N#CCON=C(Cl)C(N)=O. The topological polar surface area (TPSA) is 88.5 Å². The van der Waals surface area contributed by atoms with Crippen LogP contribution in [0.25, 0.3) is 0 Å². The minimum absolute atomic E-state index is 0.260. The predicted molar refractivity (Wildman–Crippen MR) is 34.0 cm³/mol. The van der Waals surface area contributed by atoms with E-state index in [1.807, 2.05) is 0 Å². The molecule has 0 saturated carbocycles. The summed E-state index contributed by atoms with van der Waals surface area (Å²) in [6, 6.07) is 1.62. The van der Waals surface area contributed by atoms with Gasteiger partial charge in [0, 0.05) is 0 Å². The molecule has 1 amide bonds. The molecule has 0 aliphatic carbocycles. The van der Waals surface area contributed by atoms with E-state index in [2.05, 4.69) is 15.7 Å². The fourth-order valence-corrected chi connectivity index (χ4v) is 0.212. The molecule has 0 rings (SSSR count). The summed E-state index contributed by atoms with van der Waals surface area (Å²) < 4.78 is 0. The van der Waals surface area contributed by atoms with Crippen LogP contribution in [0.4, 0.5) is 0 Å². The Morgan fingerprint density at radius 2 is 2.50 bits per heavy atom. The number of carbonyl (C=O) groups excluding carboxylic acids is 1. The summed E-state index contributed by atoms with van der Waals surface area (Å²) in [4.78, 5) is 14.3. The standard InChI is InChI=1S/C4H4ClN3O2/c5-3(4(7)9)8-10-2-1-6/h2H2,(H2,7,9). The first-order chi connectivity index (χ1) is 4.68. The molecule has 5 nitrogen and oxygen atoms in total. The third-order valence-electron chi connectivity index (χ3n) is 0.477. The van der Waals surface area contributed by atoms with Crippen LogP contribution in [0.2, 0.25) is 0 Å². The number of nitriles is 1. The zero-order valence-electron chi connectivity index (χ0n) is 4.87. The fourth-order valence-electron chi connectivity index (χ4n) is 0.163. The molecule has 0 unspecified atom stereocenters. The fraction of sp³-hybridized carbons (Fsp3) is 0.250. The highest BCUT2D eigenvalue weighted by atomic mass is 35.5. The van der Waals surface area contributed by atoms with Gasteiger partial charge in [-0.2, -0.15) is 5.26 Å². The monoisotopic (exact) mass is 161 g/mol. The van der Waals surface area contributed by atoms with Crippen molar-refractivity contribution in [3.05, 3.63) is 0 Å². The number of amides is 1. The first kappa shape index (κ1) is 8.72. The van der Waals surface area contributed by atoms with E-state index >= 15 is 0 Å². The molecule has 0 bridgehead atoms. The Balaban J connectivity index is 3.72. The maximum Gasteiger partial charge on any atom is 0.282 e. The highest BCUT2D eigenvalue weighted by molar-refractivity contribution is 6.82. The number of halogens is 1. The molecule has 54 valence electrons. The van der Waals surface area contributed by atoms with Crippen LogP contribution >= 0.6 is 11.6 Å². The van der Waals surface area contributed by atoms with Gasteiger partial charge in [0.05, 0.1) is 0 Å². The van der Waals surface area contributed by atoms with Crippen LogP contribution < -0.4 is 5.73 Å². The summed E-state index contributed by atoms with van der Waals surface area (Å²) >= 11 is 5.09. The predicted octanol–water partition coefficient (Wildman–Crippen LogP) is -0.436. The highest BCUT2D eigenvalue weighted by Gasteiger charge is 2.00. The second-order valence-corrected chi connectivity index (χ2v) is 1.54. The van der Waals surface area contributed by atoms with Gasteiger partial charge >= 0.3 is 0 Å².